The molecular formula is C11H26N2O. The maximum Gasteiger partial charge on any atom is 0.0740 e. The smallest absolute Gasteiger partial charge is 0.0740 e. The zero-order valence-corrected chi connectivity index (χ0v) is 10.3. The minimum Gasteiger partial charge on any atom is -0.389 e. The molecular weight excluding hydrogens is 176 g/mol. The first-order chi connectivity index (χ1) is 6.27. The first-order valence-corrected chi connectivity index (χ1v) is 5.45. The van der Waals surface area contributed by atoms with E-state index in [-0.39, 0.29) is 5.54 Å². The van der Waals surface area contributed by atoms with Crippen molar-refractivity contribution >= 4 is 0 Å². The van der Waals surface area contributed by atoms with Crippen LogP contribution in [0.4, 0.5) is 0 Å². The Morgan fingerprint density at radius 1 is 1.07 bits per heavy atom. The van der Waals surface area contributed by atoms with E-state index in [2.05, 4.69) is 31.4 Å². The van der Waals surface area contributed by atoms with Gasteiger partial charge in [-0.3, -0.25) is 0 Å². The maximum absolute atomic E-state index is 9.70. The molecule has 0 aromatic heterocycles. The van der Waals surface area contributed by atoms with Gasteiger partial charge in [-0.05, 0) is 34.1 Å². The Morgan fingerprint density at radius 3 is 2.07 bits per heavy atom. The van der Waals surface area contributed by atoms with Gasteiger partial charge in [0, 0.05) is 25.2 Å². The van der Waals surface area contributed by atoms with E-state index < -0.39 is 5.60 Å². The van der Waals surface area contributed by atoms with Crippen LogP contribution in [0.2, 0.25) is 0 Å². The Morgan fingerprint density at radius 2 is 1.64 bits per heavy atom. The summed E-state index contributed by atoms with van der Waals surface area (Å²) in [6.45, 7) is 12.8. The summed E-state index contributed by atoms with van der Waals surface area (Å²) in [6.07, 6.45) is 0.784. The van der Waals surface area contributed by atoms with Crippen molar-refractivity contribution in [2.75, 3.05) is 19.6 Å². The zero-order valence-electron chi connectivity index (χ0n) is 10.3. The van der Waals surface area contributed by atoms with E-state index >= 15 is 0 Å². The molecule has 0 aromatic carbocycles. The minimum atomic E-state index is -0.568. The third-order valence-electron chi connectivity index (χ3n) is 2.22. The lowest BCUT2D eigenvalue weighted by Gasteiger charge is -2.23. The summed E-state index contributed by atoms with van der Waals surface area (Å²) < 4.78 is 0. The predicted molar refractivity (Wildman–Crippen MR) is 61.5 cm³/mol. The SMILES string of the molecule is CCC(C)(O)CNCCNC(C)(C)C. The molecule has 86 valence electrons. The molecule has 0 radical (unpaired) electrons. The molecule has 3 heteroatoms. The fourth-order valence-corrected chi connectivity index (χ4v) is 1.01. The summed E-state index contributed by atoms with van der Waals surface area (Å²) in [5.74, 6) is 0. The molecule has 14 heavy (non-hydrogen) atoms. The highest BCUT2D eigenvalue weighted by Gasteiger charge is 2.16. The summed E-state index contributed by atoms with van der Waals surface area (Å²) in [6, 6.07) is 0. The zero-order chi connectivity index (χ0) is 11.2. The van der Waals surface area contributed by atoms with Gasteiger partial charge < -0.3 is 15.7 Å². The Balaban J connectivity index is 3.39. The van der Waals surface area contributed by atoms with Crippen LogP contribution >= 0.6 is 0 Å². The van der Waals surface area contributed by atoms with Crippen molar-refractivity contribution in [3.63, 3.8) is 0 Å². The molecule has 0 aliphatic heterocycles. The van der Waals surface area contributed by atoms with Crippen LogP contribution in [0.25, 0.3) is 0 Å². The van der Waals surface area contributed by atoms with Crippen LogP contribution in [-0.4, -0.2) is 35.9 Å². The van der Waals surface area contributed by atoms with Crippen molar-refractivity contribution in [2.45, 2.75) is 52.2 Å². The van der Waals surface area contributed by atoms with Gasteiger partial charge >= 0.3 is 0 Å². The van der Waals surface area contributed by atoms with Gasteiger partial charge in [0.05, 0.1) is 5.60 Å². The van der Waals surface area contributed by atoms with Gasteiger partial charge in [-0.1, -0.05) is 6.92 Å². The molecule has 0 rings (SSSR count). The van der Waals surface area contributed by atoms with E-state index in [0.29, 0.717) is 6.54 Å². The third kappa shape index (κ3) is 8.48. The quantitative estimate of drug-likeness (QED) is 0.566. The normalized spacial score (nSPS) is 16.7. The number of aliphatic hydroxyl groups is 1. The Bertz CT molecular complexity index is 150. The third-order valence-corrected chi connectivity index (χ3v) is 2.22. The molecule has 0 saturated heterocycles. The lowest BCUT2D eigenvalue weighted by Crippen LogP contribution is -2.43. The van der Waals surface area contributed by atoms with E-state index in [4.69, 9.17) is 0 Å². The van der Waals surface area contributed by atoms with E-state index in [1.54, 1.807) is 0 Å². The van der Waals surface area contributed by atoms with Crippen molar-refractivity contribution in [2.24, 2.45) is 0 Å². The molecule has 0 fully saturated rings. The average molecular weight is 202 g/mol. The summed E-state index contributed by atoms with van der Waals surface area (Å²) in [5.41, 5.74) is -0.392. The summed E-state index contributed by atoms with van der Waals surface area (Å²) in [7, 11) is 0. The summed E-state index contributed by atoms with van der Waals surface area (Å²) in [5, 5.41) is 16.3. The van der Waals surface area contributed by atoms with Crippen molar-refractivity contribution in [1.29, 1.82) is 0 Å². The van der Waals surface area contributed by atoms with E-state index in [1.165, 1.54) is 0 Å². The highest BCUT2D eigenvalue weighted by Crippen LogP contribution is 2.05. The van der Waals surface area contributed by atoms with E-state index in [1.807, 2.05) is 13.8 Å². The molecule has 1 atom stereocenters. The first-order valence-electron chi connectivity index (χ1n) is 5.45. The van der Waals surface area contributed by atoms with Crippen LogP contribution < -0.4 is 10.6 Å². The van der Waals surface area contributed by atoms with Gasteiger partial charge in [0.25, 0.3) is 0 Å². The van der Waals surface area contributed by atoms with Gasteiger partial charge in [0.15, 0.2) is 0 Å². The molecule has 3 nitrogen and oxygen atoms in total. The Kier molecular flexibility index (Phi) is 5.64. The topological polar surface area (TPSA) is 44.3 Å². The fraction of sp³-hybridized carbons (Fsp3) is 1.00. The van der Waals surface area contributed by atoms with Crippen molar-refractivity contribution < 1.29 is 5.11 Å². The van der Waals surface area contributed by atoms with Gasteiger partial charge in [-0.25, -0.2) is 0 Å². The van der Waals surface area contributed by atoms with Crippen LogP contribution in [0.15, 0.2) is 0 Å². The lowest BCUT2D eigenvalue weighted by atomic mass is 10.0. The molecule has 3 N–H and O–H groups in total. The molecule has 0 amide bonds. The van der Waals surface area contributed by atoms with Gasteiger partial charge in [0.2, 0.25) is 0 Å². The first kappa shape index (κ1) is 13.9. The second-order valence-electron chi connectivity index (χ2n) is 5.20. The Hall–Kier alpha value is -0.120. The standard InChI is InChI=1S/C11H26N2O/c1-6-11(5,14)9-12-7-8-13-10(2,3)4/h12-14H,6-9H2,1-5H3. The molecule has 0 spiro atoms. The number of rotatable bonds is 6. The monoisotopic (exact) mass is 202 g/mol. The number of hydrogen-bond acceptors (Lipinski definition) is 3. The lowest BCUT2D eigenvalue weighted by molar-refractivity contribution is 0.0561. The van der Waals surface area contributed by atoms with Gasteiger partial charge in [-0.15, -0.1) is 0 Å². The molecule has 1 unspecified atom stereocenters. The highest BCUT2D eigenvalue weighted by molar-refractivity contribution is 4.74. The molecule has 0 heterocycles. The van der Waals surface area contributed by atoms with Gasteiger partial charge in [-0.2, -0.15) is 0 Å². The Labute approximate surface area is 88.3 Å². The largest absolute Gasteiger partial charge is 0.389 e. The van der Waals surface area contributed by atoms with Crippen molar-refractivity contribution in [1.82, 2.24) is 10.6 Å². The minimum absolute atomic E-state index is 0.176. The summed E-state index contributed by atoms with van der Waals surface area (Å²) >= 11 is 0. The van der Waals surface area contributed by atoms with Crippen molar-refractivity contribution in [3.8, 4) is 0 Å². The molecule has 0 aliphatic carbocycles. The second kappa shape index (κ2) is 5.69. The average Bonchev–Trinajstić information content (AvgIpc) is 2.01. The van der Waals surface area contributed by atoms with Gasteiger partial charge in [0.1, 0.15) is 0 Å². The van der Waals surface area contributed by atoms with Crippen LogP contribution in [-0.2, 0) is 0 Å². The summed E-state index contributed by atoms with van der Waals surface area (Å²) in [4.78, 5) is 0. The number of nitrogens with one attached hydrogen (secondary N) is 2. The van der Waals surface area contributed by atoms with Crippen LogP contribution in [0.5, 0.6) is 0 Å². The van der Waals surface area contributed by atoms with E-state index in [0.717, 1.165) is 19.5 Å². The van der Waals surface area contributed by atoms with Crippen LogP contribution in [0.3, 0.4) is 0 Å². The fourth-order valence-electron chi connectivity index (χ4n) is 1.01. The van der Waals surface area contributed by atoms with Crippen molar-refractivity contribution in [3.05, 3.63) is 0 Å². The molecule has 0 bridgehead atoms. The second-order valence-corrected chi connectivity index (χ2v) is 5.20. The maximum atomic E-state index is 9.70. The predicted octanol–water partition coefficient (Wildman–Crippen LogP) is 1.13. The van der Waals surface area contributed by atoms with E-state index in [9.17, 15) is 5.11 Å². The molecule has 0 aliphatic rings. The molecule has 0 saturated carbocycles. The highest BCUT2D eigenvalue weighted by atomic mass is 16.3. The number of hydrogen-bond donors (Lipinski definition) is 3. The van der Waals surface area contributed by atoms with Crippen LogP contribution in [0.1, 0.15) is 41.0 Å². The van der Waals surface area contributed by atoms with Crippen LogP contribution in [0, 0.1) is 0 Å². The molecule has 0 aromatic rings.